The number of hydrogen-bond donors (Lipinski definition) is 1. The first kappa shape index (κ1) is 14.6. The van der Waals surface area contributed by atoms with Crippen LogP contribution in [0.15, 0.2) is 0 Å². The van der Waals surface area contributed by atoms with Crippen molar-refractivity contribution in [1.29, 1.82) is 0 Å². The summed E-state index contributed by atoms with van der Waals surface area (Å²) in [6.07, 6.45) is 4.35. The van der Waals surface area contributed by atoms with E-state index in [1.54, 1.807) is 23.1 Å². The SMILES string of the molecule is CS(=O)(=O)C1CSCCN1c1nc2c(s1)C(N)CCC2. The first-order chi connectivity index (χ1) is 9.47. The van der Waals surface area contributed by atoms with Crippen LogP contribution < -0.4 is 10.6 Å². The molecule has 2 unspecified atom stereocenters. The minimum absolute atomic E-state index is 0.0702. The summed E-state index contributed by atoms with van der Waals surface area (Å²) in [6.45, 7) is 0.740. The molecule has 1 aromatic rings. The van der Waals surface area contributed by atoms with Gasteiger partial charge in [-0.2, -0.15) is 11.8 Å². The van der Waals surface area contributed by atoms with Gasteiger partial charge >= 0.3 is 0 Å². The molecule has 2 heterocycles. The van der Waals surface area contributed by atoms with E-state index in [-0.39, 0.29) is 6.04 Å². The zero-order valence-corrected chi connectivity index (χ0v) is 13.9. The molecule has 0 radical (unpaired) electrons. The molecule has 8 heteroatoms. The number of nitrogens with two attached hydrogens (primary N) is 1. The molecule has 1 aromatic heterocycles. The van der Waals surface area contributed by atoms with Crippen LogP contribution in [-0.2, 0) is 16.3 Å². The Kier molecular flexibility index (Phi) is 4.00. The Balaban J connectivity index is 1.95. The van der Waals surface area contributed by atoms with Gasteiger partial charge in [0.05, 0.1) is 5.69 Å². The van der Waals surface area contributed by atoms with Gasteiger partial charge in [-0.25, -0.2) is 13.4 Å². The minimum Gasteiger partial charge on any atom is -0.329 e. The normalized spacial score (nSPS) is 27.4. The third kappa shape index (κ3) is 2.70. The maximum absolute atomic E-state index is 12.0. The van der Waals surface area contributed by atoms with Crippen molar-refractivity contribution in [3.8, 4) is 0 Å². The van der Waals surface area contributed by atoms with E-state index in [1.807, 2.05) is 4.90 Å². The molecule has 1 aliphatic carbocycles. The lowest BCUT2D eigenvalue weighted by Crippen LogP contribution is -2.47. The standard InChI is InChI=1S/C12H19N3O2S3/c1-20(16,17)10-7-18-6-5-15(10)12-14-9-4-2-3-8(13)11(9)19-12/h8,10H,2-7,13H2,1H3. The fourth-order valence-corrected chi connectivity index (χ4v) is 6.83. The smallest absolute Gasteiger partial charge is 0.186 e. The highest BCUT2D eigenvalue weighted by Gasteiger charge is 2.34. The van der Waals surface area contributed by atoms with Gasteiger partial charge in [0, 0.05) is 35.2 Å². The third-order valence-corrected chi connectivity index (χ3v) is 7.72. The van der Waals surface area contributed by atoms with Crippen LogP contribution in [0.3, 0.4) is 0 Å². The Morgan fingerprint density at radius 3 is 2.95 bits per heavy atom. The van der Waals surface area contributed by atoms with Crippen LogP contribution in [0.5, 0.6) is 0 Å². The molecule has 0 saturated carbocycles. The van der Waals surface area contributed by atoms with Gasteiger partial charge in [-0.1, -0.05) is 11.3 Å². The highest BCUT2D eigenvalue weighted by Crippen LogP contribution is 2.38. The van der Waals surface area contributed by atoms with Crippen LogP contribution in [-0.4, -0.2) is 43.1 Å². The summed E-state index contributed by atoms with van der Waals surface area (Å²) in [4.78, 5) is 7.79. The van der Waals surface area contributed by atoms with Gasteiger partial charge in [-0.05, 0) is 19.3 Å². The maximum Gasteiger partial charge on any atom is 0.186 e. The molecule has 3 rings (SSSR count). The first-order valence-electron chi connectivity index (χ1n) is 6.75. The number of nitrogens with zero attached hydrogens (tertiary/aromatic N) is 2. The topological polar surface area (TPSA) is 76.3 Å². The van der Waals surface area contributed by atoms with E-state index in [4.69, 9.17) is 5.73 Å². The molecule has 2 atom stereocenters. The van der Waals surface area contributed by atoms with Crippen LogP contribution in [0.1, 0.15) is 29.5 Å². The molecule has 1 saturated heterocycles. The van der Waals surface area contributed by atoms with Gasteiger partial charge in [0.1, 0.15) is 5.37 Å². The average molecular weight is 334 g/mol. The van der Waals surface area contributed by atoms with Crippen molar-refractivity contribution in [2.75, 3.05) is 29.2 Å². The van der Waals surface area contributed by atoms with Gasteiger partial charge in [0.2, 0.25) is 0 Å². The van der Waals surface area contributed by atoms with Crippen molar-refractivity contribution in [2.24, 2.45) is 5.73 Å². The fraction of sp³-hybridized carbons (Fsp3) is 0.750. The summed E-state index contributed by atoms with van der Waals surface area (Å²) in [5.41, 5.74) is 7.22. The minimum atomic E-state index is -3.10. The van der Waals surface area contributed by atoms with E-state index < -0.39 is 15.2 Å². The monoisotopic (exact) mass is 333 g/mol. The van der Waals surface area contributed by atoms with Gasteiger partial charge in [0.15, 0.2) is 15.0 Å². The Bertz CT molecular complexity index is 599. The number of fused-ring (bicyclic) bond motifs is 1. The number of thioether (sulfide) groups is 1. The second-order valence-corrected chi connectivity index (χ2v) is 9.72. The maximum atomic E-state index is 12.0. The zero-order chi connectivity index (χ0) is 14.3. The molecule has 2 aliphatic rings. The highest BCUT2D eigenvalue weighted by molar-refractivity contribution is 8.01. The van der Waals surface area contributed by atoms with E-state index in [2.05, 4.69) is 4.98 Å². The van der Waals surface area contributed by atoms with Crippen molar-refractivity contribution in [3.63, 3.8) is 0 Å². The predicted molar refractivity (Wildman–Crippen MR) is 85.3 cm³/mol. The number of anilines is 1. The lowest BCUT2D eigenvalue weighted by atomic mass is 9.99. The van der Waals surface area contributed by atoms with E-state index in [0.29, 0.717) is 5.75 Å². The predicted octanol–water partition coefficient (Wildman–Crippen LogP) is 1.40. The van der Waals surface area contributed by atoms with Crippen molar-refractivity contribution in [3.05, 3.63) is 10.6 Å². The van der Waals surface area contributed by atoms with E-state index >= 15 is 0 Å². The van der Waals surface area contributed by atoms with E-state index in [1.165, 1.54) is 6.26 Å². The molecular formula is C12H19N3O2S3. The quantitative estimate of drug-likeness (QED) is 0.882. The second-order valence-electron chi connectivity index (χ2n) is 5.36. The molecule has 1 aliphatic heterocycles. The Morgan fingerprint density at radius 1 is 1.45 bits per heavy atom. The summed E-state index contributed by atoms with van der Waals surface area (Å²) in [5, 5.41) is 0.383. The fourth-order valence-electron chi connectivity index (χ4n) is 2.72. The molecule has 1 fully saturated rings. The largest absolute Gasteiger partial charge is 0.329 e. The summed E-state index contributed by atoms with van der Waals surface area (Å²) in [6, 6.07) is 0.0702. The van der Waals surface area contributed by atoms with Gasteiger partial charge in [-0.3, -0.25) is 0 Å². The molecule has 20 heavy (non-hydrogen) atoms. The van der Waals surface area contributed by atoms with Gasteiger partial charge in [0.25, 0.3) is 0 Å². The van der Waals surface area contributed by atoms with Gasteiger partial charge < -0.3 is 10.6 Å². The Hall–Kier alpha value is -0.310. The zero-order valence-electron chi connectivity index (χ0n) is 11.4. The summed E-state index contributed by atoms with van der Waals surface area (Å²) in [7, 11) is -3.10. The van der Waals surface area contributed by atoms with Crippen molar-refractivity contribution < 1.29 is 8.42 Å². The summed E-state index contributed by atoms with van der Waals surface area (Å²) >= 11 is 3.28. The lowest BCUT2D eigenvalue weighted by molar-refractivity contribution is 0.572. The van der Waals surface area contributed by atoms with Crippen molar-refractivity contribution in [1.82, 2.24) is 4.98 Å². The first-order valence-corrected chi connectivity index (χ1v) is 10.7. The van der Waals surface area contributed by atoms with E-state index in [9.17, 15) is 8.42 Å². The number of sulfone groups is 1. The van der Waals surface area contributed by atoms with E-state index in [0.717, 1.165) is 47.3 Å². The number of thiazole rings is 1. The highest BCUT2D eigenvalue weighted by atomic mass is 32.2. The summed E-state index contributed by atoms with van der Waals surface area (Å²) < 4.78 is 23.9. The summed E-state index contributed by atoms with van der Waals surface area (Å²) in [5.74, 6) is 1.57. The van der Waals surface area contributed by atoms with Crippen LogP contribution in [0.4, 0.5) is 5.13 Å². The molecule has 0 amide bonds. The van der Waals surface area contributed by atoms with Crippen molar-refractivity contribution in [2.45, 2.75) is 30.7 Å². The number of hydrogen-bond acceptors (Lipinski definition) is 7. The van der Waals surface area contributed by atoms with Crippen LogP contribution in [0.25, 0.3) is 0 Å². The van der Waals surface area contributed by atoms with Gasteiger partial charge in [-0.15, -0.1) is 0 Å². The molecule has 5 nitrogen and oxygen atoms in total. The third-order valence-electron chi connectivity index (χ3n) is 3.81. The van der Waals surface area contributed by atoms with Crippen LogP contribution in [0, 0.1) is 0 Å². The molecule has 0 bridgehead atoms. The Morgan fingerprint density at radius 2 is 2.25 bits per heavy atom. The molecule has 112 valence electrons. The number of aromatic nitrogens is 1. The Labute approximate surface area is 127 Å². The molecular weight excluding hydrogens is 314 g/mol. The van der Waals surface area contributed by atoms with Crippen LogP contribution in [0.2, 0.25) is 0 Å². The lowest BCUT2D eigenvalue weighted by Gasteiger charge is -2.33. The molecule has 2 N–H and O–H groups in total. The van der Waals surface area contributed by atoms with Crippen molar-refractivity contribution >= 4 is 38.1 Å². The molecule has 0 aromatic carbocycles. The second kappa shape index (κ2) is 5.47. The average Bonchev–Trinajstić information content (AvgIpc) is 2.83. The number of aryl methyl sites for hydroxylation is 1. The van der Waals surface area contributed by atoms with Crippen LogP contribution >= 0.6 is 23.1 Å². The number of rotatable bonds is 2. The molecule has 0 spiro atoms.